The minimum Gasteiger partial charge on any atom is -0.478 e. The minimum absolute atomic E-state index is 0.0850. The van der Waals surface area contributed by atoms with Crippen LogP contribution in [0, 0.1) is 0 Å². The van der Waals surface area contributed by atoms with Crippen molar-refractivity contribution in [3.63, 3.8) is 0 Å². The Hall–Kier alpha value is -1.55. The first-order valence-electron chi connectivity index (χ1n) is 7.86. The molecule has 0 aromatic heterocycles. The quantitative estimate of drug-likeness (QED) is 0.860. The molecule has 0 radical (unpaired) electrons. The fourth-order valence-electron chi connectivity index (χ4n) is 3.25. The normalized spacial score (nSPS) is 14.4. The molecule has 2 rings (SSSR count). The van der Waals surface area contributed by atoms with Gasteiger partial charge in [-0.15, -0.1) is 0 Å². The predicted molar refractivity (Wildman–Crippen MR) is 86.8 cm³/mol. The molecule has 5 heteroatoms. The Balaban J connectivity index is 2.39. The summed E-state index contributed by atoms with van der Waals surface area (Å²) in [6.07, 6.45) is 4.57. The van der Waals surface area contributed by atoms with E-state index in [1.165, 1.54) is 6.07 Å². The number of hydrogen-bond acceptors (Lipinski definition) is 2. The number of carboxylic acid groups (broad SMARTS) is 1. The molecule has 4 nitrogen and oxygen atoms in total. The first-order chi connectivity index (χ1) is 10.5. The predicted octanol–water partition coefficient (Wildman–Crippen LogP) is 4.01. The van der Waals surface area contributed by atoms with Crippen molar-refractivity contribution in [2.45, 2.75) is 52.0 Å². The molecule has 0 unspecified atom stereocenters. The van der Waals surface area contributed by atoms with Gasteiger partial charge >= 0.3 is 5.97 Å². The highest BCUT2D eigenvalue weighted by atomic mass is 35.5. The summed E-state index contributed by atoms with van der Waals surface area (Å²) in [6, 6.07) is 3.26. The minimum atomic E-state index is -1.03. The van der Waals surface area contributed by atoms with Crippen LogP contribution >= 0.6 is 11.6 Å². The number of aromatic carboxylic acids is 1. The van der Waals surface area contributed by atoms with Gasteiger partial charge in [-0.1, -0.05) is 38.3 Å². The Bertz CT molecular complexity index is 580. The zero-order chi connectivity index (χ0) is 16.3. The van der Waals surface area contributed by atoms with Gasteiger partial charge in [0.1, 0.15) is 0 Å². The molecule has 0 atom stereocenters. The molecule has 0 bridgehead atoms. The maximum atomic E-state index is 12.8. The van der Waals surface area contributed by atoms with Crippen molar-refractivity contribution in [3.8, 4) is 0 Å². The summed E-state index contributed by atoms with van der Waals surface area (Å²) in [6.45, 7) is 4.81. The van der Waals surface area contributed by atoms with E-state index in [0.717, 1.165) is 25.7 Å². The summed E-state index contributed by atoms with van der Waals surface area (Å²) in [5.74, 6) is -1.11. The highest BCUT2D eigenvalue weighted by Crippen LogP contribution is 2.29. The lowest BCUT2D eigenvalue weighted by Gasteiger charge is -2.36. The van der Waals surface area contributed by atoms with E-state index in [4.69, 9.17) is 11.6 Å². The van der Waals surface area contributed by atoms with Crippen molar-refractivity contribution in [2.24, 2.45) is 0 Å². The lowest BCUT2D eigenvalue weighted by atomic mass is 9.91. The largest absolute Gasteiger partial charge is 0.478 e. The number of carbonyl (C=O) groups excluding carboxylic acids is 1. The lowest BCUT2D eigenvalue weighted by molar-refractivity contribution is 0.0635. The van der Waals surface area contributed by atoms with Gasteiger partial charge in [-0.3, -0.25) is 4.79 Å². The molecular weight excluding hydrogens is 302 g/mol. The molecule has 0 saturated heterocycles. The van der Waals surface area contributed by atoms with Crippen molar-refractivity contribution in [2.75, 3.05) is 6.54 Å². The molecule has 1 N–H and O–H groups in total. The van der Waals surface area contributed by atoms with Crippen LogP contribution in [-0.4, -0.2) is 34.5 Å². The summed E-state index contributed by atoms with van der Waals surface area (Å²) in [7, 11) is 0. The Labute approximate surface area is 136 Å². The van der Waals surface area contributed by atoms with Crippen molar-refractivity contribution >= 4 is 23.5 Å². The zero-order valence-corrected chi connectivity index (χ0v) is 13.8. The van der Waals surface area contributed by atoms with Crippen LogP contribution in [0.1, 0.15) is 65.8 Å². The van der Waals surface area contributed by atoms with Crippen LogP contribution in [0.2, 0.25) is 5.02 Å². The van der Waals surface area contributed by atoms with Crippen molar-refractivity contribution < 1.29 is 14.7 Å². The molecule has 1 aromatic carbocycles. The molecule has 1 aliphatic heterocycles. The number of nitrogens with zero attached hydrogens (tertiary/aromatic N) is 1. The fourth-order valence-corrected chi connectivity index (χ4v) is 3.47. The fraction of sp³-hybridized carbons (Fsp3) is 0.529. The highest BCUT2D eigenvalue weighted by Gasteiger charge is 2.31. The smallest absolute Gasteiger partial charge is 0.336 e. The second-order valence-electron chi connectivity index (χ2n) is 5.76. The van der Waals surface area contributed by atoms with Gasteiger partial charge in [0, 0.05) is 23.2 Å². The Morgan fingerprint density at radius 3 is 2.50 bits per heavy atom. The monoisotopic (exact) mass is 323 g/mol. The first kappa shape index (κ1) is 16.8. The topological polar surface area (TPSA) is 57.6 Å². The average molecular weight is 324 g/mol. The summed E-state index contributed by atoms with van der Waals surface area (Å²) < 4.78 is 0. The molecule has 0 spiro atoms. The molecular formula is C17H22ClNO3. The maximum absolute atomic E-state index is 12.8. The number of hydrogen-bond donors (Lipinski definition) is 1. The number of carboxylic acids is 1. The van der Waals surface area contributed by atoms with Gasteiger partial charge in [0.25, 0.3) is 5.91 Å². The number of rotatable bonds is 6. The summed E-state index contributed by atoms with van der Waals surface area (Å²) in [5, 5.41) is 9.61. The van der Waals surface area contributed by atoms with Crippen LogP contribution in [-0.2, 0) is 6.42 Å². The van der Waals surface area contributed by atoms with Crippen LogP contribution < -0.4 is 0 Å². The van der Waals surface area contributed by atoms with Gasteiger partial charge in [-0.25, -0.2) is 4.79 Å². The third-order valence-electron chi connectivity index (χ3n) is 4.22. The molecule has 1 aliphatic rings. The molecule has 22 heavy (non-hydrogen) atoms. The van der Waals surface area contributed by atoms with Gasteiger partial charge in [0.2, 0.25) is 0 Å². The molecule has 120 valence electrons. The Morgan fingerprint density at radius 2 is 1.95 bits per heavy atom. The second kappa shape index (κ2) is 7.14. The number of fused-ring (bicyclic) bond motifs is 1. The summed E-state index contributed by atoms with van der Waals surface area (Å²) in [4.78, 5) is 26.1. The standard InChI is InChI=1S/C17H22ClNO3/c1-3-5-12(6-4-2)19-8-7-13-14(16(19)20)9-11(18)10-15(13)17(21)22/h9-10,12H,3-8H2,1-2H3,(H,21,22). The maximum Gasteiger partial charge on any atom is 0.336 e. The zero-order valence-electron chi connectivity index (χ0n) is 13.1. The first-order valence-corrected chi connectivity index (χ1v) is 8.24. The molecule has 0 aliphatic carbocycles. The van der Waals surface area contributed by atoms with E-state index in [2.05, 4.69) is 13.8 Å². The van der Waals surface area contributed by atoms with Crippen molar-refractivity contribution in [3.05, 3.63) is 33.8 Å². The van der Waals surface area contributed by atoms with E-state index in [9.17, 15) is 14.7 Å². The average Bonchev–Trinajstić information content (AvgIpc) is 2.47. The van der Waals surface area contributed by atoms with E-state index in [1.807, 2.05) is 4.90 Å². The third-order valence-corrected chi connectivity index (χ3v) is 4.44. The van der Waals surface area contributed by atoms with Gasteiger partial charge in [0.05, 0.1) is 5.56 Å². The number of amides is 1. The van der Waals surface area contributed by atoms with Crippen molar-refractivity contribution in [1.82, 2.24) is 4.90 Å². The summed E-state index contributed by atoms with van der Waals surface area (Å²) in [5.41, 5.74) is 1.22. The van der Waals surface area contributed by atoms with Gasteiger partial charge in [-0.2, -0.15) is 0 Å². The molecule has 1 heterocycles. The number of halogens is 1. The van der Waals surface area contributed by atoms with E-state index in [1.54, 1.807) is 6.07 Å². The van der Waals surface area contributed by atoms with Gasteiger partial charge < -0.3 is 10.0 Å². The van der Waals surface area contributed by atoms with E-state index in [-0.39, 0.29) is 17.5 Å². The molecule has 1 amide bonds. The molecule has 0 saturated carbocycles. The number of carbonyl (C=O) groups is 2. The van der Waals surface area contributed by atoms with Gasteiger partial charge in [-0.05, 0) is 37.0 Å². The number of benzene rings is 1. The second-order valence-corrected chi connectivity index (χ2v) is 6.20. The SMILES string of the molecule is CCCC(CCC)N1CCc2c(C(=O)O)cc(Cl)cc2C1=O. The molecule has 0 fully saturated rings. The Kier molecular flexibility index (Phi) is 5.46. The van der Waals surface area contributed by atoms with Crippen LogP contribution in [0.25, 0.3) is 0 Å². The van der Waals surface area contributed by atoms with Gasteiger partial charge in [0.15, 0.2) is 0 Å². The lowest BCUT2D eigenvalue weighted by Crippen LogP contribution is -2.45. The third kappa shape index (κ3) is 3.27. The van der Waals surface area contributed by atoms with E-state index < -0.39 is 5.97 Å². The Morgan fingerprint density at radius 1 is 1.32 bits per heavy atom. The van der Waals surface area contributed by atoms with Crippen LogP contribution in [0.5, 0.6) is 0 Å². The van der Waals surface area contributed by atoms with E-state index >= 15 is 0 Å². The highest BCUT2D eigenvalue weighted by molar-refractivity contribution is 6.31. The van der Waals surface area contributed by atoms with Crippen molar-refractivity contribution in [1.29, 1.82) is 0 Å². The van der Waals surface area contributed by atoms with Crippen LogP contribution in [0.3, 0.4) is 0 Å². The summed E-state index contributed by atoms with van der Waals surface area (Å²) >= 11 is 6.01. The van der Waals surface area contributed by atoms with Crippen LogP contribution in [0.15, 0.2) is 12.1 Å². The molecule has 1 aromatic rings. The van der Waals surface area contributed by atoms with Crippen LogP contribution in [0.4, 0.5) is 0 Å². The van der Waals surface area contributed by atoms with E-state index in [0.29, 0.717) is 29.1 Å².